The Morgan fingerprint density at radius 2 is 1.94 bits per heavy atom. The van der Waals surface area contributed by atoms with Crippen molar-refractivity contribution in [3.63, 3.8) is 0 Å². The van der Waals surface area contributed by atoms with Gasteiger partial charge in [0.15, 0.2) is 0 Å². The van der Waals surface area contributed by atoms with Crippen LogP contribution in [-0.4, -0.2) is 56.4 Å². The molecule has 1 aromatic carbocycles. The minimum absolute atomic E-state index is 0.109. The number of nitrogens with one attached hydrogen (secondary N) is 1. The zero-order valence-electron chi connectivity index (χ0n) is 19.3. The van der Waals surface area contributed by atoms with Crippen molar-refractivity contribution in [2.24, 2.45) is 0 Å². The third-order valence-electron chi connectivity index (χ3n) is 7.56. The molecule has 2 unspecified atom stereocenters. The van der Waals surface area contributed by atoms with Crippen LogP contribution < -0.4 is 5.32 Å². The van der Waals surface area contributed by atoms with E-state index in [1.807, 2.05) is 16.9 Å². The molecule has 2 aromatic rings. The lowest BCUT2D eigenvalue weighted by Gasteiger charge is -2.36. The van der Waals surface area contributed by atoms with E-state index in [0.717, 1.165) is 38.0 Å². The molecule has 3 aliphatic rings. The number of piperidine rings is 2. The summed E-state index contributed by atoms with van der Waals surface area (Å²) in [4.78, 5) is 40.8. The van der Waals surface area contributed by atoms with Gasteiger partial charge in [-0.05, 0) is 69.3 Å². The Morgan fingerprint density at radius 3 is 2.64 bits per heavy atom. The molecule has 2 fully saturated rings. The second-order valence-corrected chi connectivity index (χ2v) is 9.43. The molecular formula is C25H31N5O3. The average Bonchev–Trinajstić information content (AvgIpc) is 3.43. The van der Waals surface area contributed by atoms with E-state index in [0.29, 0.717) is 30.5 Å². The lowest BCUT2D eigenvalue weighted by Crippen LogP contribution is -2.52. The molecule has 3 amide bonds. The Morgan fingerprint density at radius 1 is 1.15 bits per heavy atom. The molecule has 0 saturated carbocycles. The largest absolute Gasteiger partial charge is 0.322 e. The molecule has 3 aliphatic heterocycles. The van der Waals surface area contributed by atoms with Crippen LogP contribution in [0.4, 0.5) is 0 Å². The summed E-state index contributed by atoms with van der Waals surface area (Å²) in [5.74, 6) is -0.264. The van der Waals surface area contributed by atoms with E-state index in [2.05, 4.69) is 47.5 Å². The molecule has 0 spiro atoms. The molecule has 8 heteroatoms. The smallest absolute Gasteiger partial charge is 0.255 e. The fraction of sp³-hybridized carbons (Fsp3) is 0.520. The van der Waals surface area contributed by atoms with Gasteiger partial charge in [-0.25, -0.2) is 0 Å². The summed E-state index contributed by atoms with van der Waals surface area (Å²) in [6.07, 6.45) is 6.95. The van der Waals surface area contributed by atoms with Crippen molar-refractivity contribution in [1.82, 2.24) is 24.9 Å². The molecule has 1 N–H and O–H groups in total. The number of aromatic nitrogens is 2. The highest BCUT2D eigenvalue weighted by Crippen LogP contribution is 2.35. The summed E-state index contributed by atoms with van der Waals surface area (Å²) in [5.41, 5.74) is 4.21. The summed E-state index contributed by atoms with van der Waals surface area (Å²) in [6, 6.07) is 5.96. The van der Waals surface area contributed by atoms with Gasteiger partial charge in [0.1, 0.15) is 6.04 Å². The van der Waals surface area contributed by atoms with E-state index < -0.39 is 6.04 Å². The van der Waals surface area contributed by atoms with Crippen molar-refractivity contribution >= 4 is 17.7 Å². The first-order valence-corrected chi connectivity index (χ1v) is 12.0. The number of imide groups is 1. The fourth-order valence-electron chi connectivity index (χ4n) is 5.45. The van der Waals surface area contributed by atoms with Crippen LogP contribution in [0.15, 0.2) is 30.6 Å². The van der Waals surface area contributed by atoms with Crippen molar-refractivity contribution in [3.05, 3.63) is 52.8 Å². The van der Waals surface area contributed by atoms with Gasteiger partial charge in [0.2, 0.25) is 11.8 Å². The van der Waals surface area contributed by atoms with Crippen LogP contribution >= 0.6 is 0 Å². The maximum absolute atomic E-state index is 12.9. The molecule has 0 bridgehead atoms. The first kappa shape index (κ1) is 21.8. The number of rotatable bonds is 5. The predicted octanol–water partition coefficient (Wildman–Crippen LogP) is 2.60. The van der Waals surface area contributed by atoms with Gasteiger partial charge in [-0.2, -0.15) is 5.10 Å². The van der Waals surface area contributed by atoms with Gasteiger partial charge < -0.3 is 4.90 Å². The van der Waals surface area contributed by atoms with E-state index in [1.54, 1.807) is 4.90 Å². The Kier molecular flexibility index (Phi) is 5.78. The molecule has 33 heavy (non-hydrogen) atoms. The Labute approximate surface area is 193 Å². The molecule has 2 saturated heterocycles. The molecule has 1 aromatic heterocycles. The van der Waals surface area contributed by atoms with Crippen LogP contribution in [0.3, 0.4) is 0 Å². The van der Waals surface area contributed by atoms with Crippen LogP contribution in [-0.2, 0) is 22.7 Å². The van der Waals surface area contributed by atoms with Crippen molar-refractivity contribution < 1.29 is 14.4 Å². The van der Waals surface area contributed by atoms with Gasteiger partial charge in [0, 0.05) is 42.9 Å². The maximum Gasteiger partial charge on any atom is 0.255 e. The van der Waals surface area contributed by atoms with E-state index >= 15 is 0 Å². The van der Waals surface area contributed by atoms with E-state index in [-0.39, 0.29) is 24.1 Å². The van der Waals surface area contributed by atoms with Gasteiger partial charge in [0.25, 0.3) is 5.91 Å². The second kappa shape index (κ2) is 8.74. The third-order valence-corrected chi connectivity index (χ3v) is 7.56. The van der Waals surface area contributed by atoms with Crippen LogP contribution in [0.1, 0.15) is 78.5 Å². The number of benzene rings is 1. The number of hydrogen-bond donors (Lipinski definition) is 1. The summed E-state index contributed by atoms with van der Waals surface area (Å²) < 4.78 is 1.97. The highest BCUT2D eigenvalue weighted by molar-refractivity contribution is 6.05. The van der Waals surface area contributed by atoms with E-state index in [9.17, 15) is 14.4 Å². The molecule has 8 nitrogen and oxygen atoms in total. The lowest BCUT2D eigenvalue weighted by atomic mass is 9.87. The van der Waals surface area contributed by atoms with Crippen molar-refractivity contribution in [3.8, 4) is 0 Å². The van der Waals surface area contributed by atoms with Crippen LogP contribution in [0.5, 0.6) is 0 Å². The van der Waals surface area contributed by atoms with E-state index in [1.165, 1.54) is 11.1 Å². The normalized spacial score (nSPS) is 23.0. The summed E-state index contributed by atoms with van der Waals surface area (Å²) in [5, 5.41) is 6.78. The molecule has 0 aliphatic carbocycles. The SMILES string of the molecule is CCn1cc(C(C)N2CCC(c3ccc4c(c3)CN(C3CCC(=O)NC3=O)C4=O)CC2)cn1. The Hall–Kier alpha value is -3.00. The van der Waals surface area contributed by atoms with Crippen molar-refractivity contribution in [2.75, 3.05) is 13.1 Å². The number of carbonyl (C=O) groups excluding carboxylic acids is 3. The Balaban J connectivity index is 1.24. The van der Waals surface area contributed by atoms with Gasteiger partial charge in [0.05, 0.1) is 6.20 Å². The molecule has 0 radical (unpaired) electrons. The number of amides is 3. The van der Waals surface area contributed by atoms with Gasteiger partial charge >= 0.3 is 0 Å². The second-order valence-electron chi connectivity index (χ2n) is 9.43. The number of nitrogens with zero attached hydrogens (tertiary/aromatic N) is 4. The molecular weight excluding hydrogens is 418 g/mol. The summed E-state index contributed by atoms with van der Waals surface area (Å²) in [7, 11) is 0. The first-order valence-electron chi connectivity index (χ1n) is 12.0. The minimum Gasteiger partial charge on any atom is -0.322 e. The molecule has 174 valence electrons. The summed E-state index contributed by atoms with van der Waals surface area (Å²) in [6.45, 7) is 7.73. The standard InChI is InChI=1S/C25H31N5O3/c1-3-29-14-20(13-26-29)16(2)28-10-8-17(9-11-28)18-4-5-21-19(12-18)15-30(25(21)33)22-6-7-23(31)27-24(22)32/h4-5,12-14,16-17,22H,3,6-11,15H2,1-2H3,(H,27,31,32). The number of likely N-dealkylation sites (tertiary alicyclic amines) is 1. The van der Waals surface area contributed by atoms with Gasteiger partial charge in [-0.3, -0.25) is 29.3 Å². The molecule has 5 rings (SSSR count). The maximum atomic E-state index is 12.9. The van der Waals surface area contributed by atoms with Crippen molar-refractivity contribution in [2.45, 2.75) is 70.6 Å². The monoisotopic (exact) mass is 449 g/mol. The third kappa shape index (κ3) is 4.08. The number of hydrogen-bond acceptors (Lipinski definition) is 5. The topological polar surface area (TPSA) is 87.5 Å². The fourth-order valence-corrected chi connectivity index (χ4v) is 5.45. The first-order chi connectivity index (χ1) is 15.9. The van der Waals surface area contributed by atoms with Crippen LogP contribution in [0.25, 0.3) is 0 Å². The van der Waals surface area contributed by atoms with Crippen LogP contribution in [0.2, 0.25) is 0 Å². The quantitative estimate of drug-likeness (QED) is 0.709. The summed E-state index contributed by atoms with van der Waals surface area (Å²) >= 11 is 0. The number of carbonyl (C=O) groups is 3. The minimum atomic E-state index is -0.562. The predicted molar refractivity (Wildman–Crippen MR) is 122 cm³/mol. The number of fused-ring (bicyclic) bond motifs is 1. The van der Waals surface area contributed by atoms with Gasteiger partial charge in [-0.15, -0.1) is 0 Å². The van der Waals surface area contributed by atoms with Crippen molar-refractivity contribution in [1.29, 1.82) is 0 Å². The zero-order valence-corrected chi connectivity index (χ0v) is 19.3. The van der Waals surface area contributed by atoms with E-state index in [4.69, 9.17) is 0 Å². The highest BCUT2D eigenvalue weighted by Gasteiger charge is 2.39. The molecule has 2 atom stereocenters. The lowest BCUT2D eigenvalue weighted by molar-refractivity contribution is -0.136. The Bertz CT molecular complexity index is 1090. The average molecular weight is 450 g/mol. The van der Waals surface area contributed by atoms with Crippen LogP contribution in [0, 0.1) is 0 Å². The van der Waals surface area contributed by atoms with Gasteiger partial charge in [-0.1, -0.05) is 12.1 Å². The highest BCUT2D eigenvalue weighted by atomic mass is 16.2. The number of aryl methyl sites for hydroxylation is 1. The molecule has 4 heterocycles. The zero-order chi connectivity index (χ0) is 23.1.